The van der Waals surface area contributed by atoms with Crippen molar-refractivity contribution in [2.75, 3.05) is 7.11 Å². The predicted octanol–water partition coefficient (Wildman–Crippen LogP) is 3.57. The SMILES string of the molecule is COCc1cc(Cl)nc(CSc2ccccc2)n1. The molecule has 2 aromatic rings. The molecule has 1 heterocycles. The first-order valence-corrected chi connectivity index (χ1v) is 6.83. The first-order chi connectivity index (χ1) is 8.78. The van der Waals surface area contributed by atoms with Gasteiger partial charge in [0, 0.05) is 12.0 Å². The molecule has 0 saturated heterocycles. The Kier molecular flexibility index (Phi) is 4.99. The summed E-state index contributed by atoms with van der Waals surface area (Å²) in [6.07, 6.45) is 0. The van der Waals surface area contributed by atoms with Crippen LogP contribution in [0.3, 0.4) is 0 Å². The summed E-state index contributed by atoms with van der Waals surface area (Å²) in [5.41, 5.74) is 0.807. The van der Waals surface area contributed by atoms with Crippen molar-refractivity contribution in [1.29, 1.82) is 0 Å². The highest BCUT2D eigenvalue weighted by atomic mass is 35.5. The van der Waals surface area contributed by atoms with Gasteiger partial charge in [-0.2, -0.15) is 0 Å². The number of ether oxygens (including phenoxy) is 1. The van der Waals surface area contributed by atoms with Crippen LogP contribution in [-0.4, -0.2) is 17.1 Å². The van der Waals surface area contributed by atoms with Crippen LogP contribution < -0.4 is 0 Å². The molecule has 0 N–H and O–H groups in total. The number of benzene rings is 1. The summed E-state index contributed by atoms with van der Waals surface area (Å²) in [6, 6.07) is 11.9. The van der Waals surface area contributed by atoms with Crippen molar-refractivity contribution in [3.8, 4) is 0 Å². The summed E-state index contributed by atoms with van der Waals surface area (Å²) >= 11 is 7.64. The molecule has 1 aromatic heterocycles. The lowest BCUT2D eigenvalue weighted by molar-refractivity contribution is 0.181. The highest BCUT2D eigenvalue weighted by Gasteiger charge is 2.04. The quantitative estimate of drug-likeness (QED) is 0.619. The van der Waals surface area contributed by atoms with Crippen molar-refractivity contribution in [3.05, 3.63) is 53.1 Å². The van der Waals surface area contributed by atoms with Gasteiger partial charge in [0.15, 0.2) is 0 Å². The molecule has 0 aliphatic carbocycles. The normalized spacial score (nSPS) is 10.6. The number of nitrogens with zero attached hydrogens (tertiary/aromatic N) is 2. The Balaban J connectivity index is 2.05. The van der Waals surface area contributed by atoms with Crippen LogP contribution in [0.4, 0.5) is 0 Å². The van der Waals surface area contributed by atoms with Gasteiger partial charge in [-0.25, -0.2) is 9.97 Å². The highest BCUT2D eigenvalue weighted by Crippen LogP contribution is 2.21. The van der Waals surface area contributed by atoms with Gasteiger partial charge >= 0.3 is 0 Å². The monoisotopic (exact) mass is 280 g/mol. The molecule has 0 aliphatic rings. The van der Waals surface area contributed by atoms with Gasteiger partial charge in [-0.1, -0.05) is 29.8 Å². The van der Waals surface area contributed by atoms with Gasteiger partial charge in [0.1, 0.15) is 11.0 Å². The fraction of sp³-hybridized carbons (Fsp3) is 0.231. The molecule has 2 rings (SSSR count). The summed E-state index contributed by atoms with van der Waals surface area (Å²) in [4.78, 5) is 9.80. The Morgan fingerprint density at radius 1 is 1.22 bits per heavy atom. The first kappa shape index (κ1) is 13.3. The van der Waals surface area contributed by atoms with E-state index in [1.54, 1.807) is 24.9 Å². The number of halogens is 1. The zero-order valence-corrected chi connectivity index (χ0v) is 11.5. The van der Waals surface area contributed by atoms with Crippen molar-refractivity contribution >= 4 is 23.4 Å². The van der Waals surface area contributed by atoms with E-state index in [-0.39, 0.29) is 0 Å². The van der Waals surface area contributed by atoms with Crippen molar-refractivity contribution in [2.45, 2.75) is 17.3 Å². The van der Waals surface area contributed by atoms with Gasteiger partial charge < -0.3 is 4.74 Å². The number of hydrogen-bond donors (Lipinski definition) is 0. The minimum atomic E-state index is 0.450. The van der Waals surface area contributed by atoms with Crippen molar-refractivity contribution in [3.63, 3.8) is 0 Å². The zero-order chi connectivity index (χ0) is 12.8. The molecular weight excluding hydrogens is 268 g/mol. The fourth-order valence-electron chi connectivity index (χ4n) is 1.47. The maximum absolute atomic E-state index is 5.95. The van der Waals surface area contributed by atoms with E-state index in [1.165, 1.54) is 4.90 Å². The van der Waals surface area contributed by atoms with E-state index in [9.17, 15) is 0 Å². The summed E-state index contributed by atoms with van der Waals surface area (Å²) in [7, 11) is 1.63. The second kappa shape index (κ2) is 6.73. The molecule has 0 aliphatic heterocycles. The lowest BCUT2D eigenvalue weighted by Gasteiger charge is -2.04. The maximum atomic E-state index is 5.95. The van der Waals surface area contributed by atoms with E-state index >= 15 is 0 Å². The van der Waals surface area contributed by atoms with Crippen molar-refractivity contribution in [1.82, 2.24) is 9.97 Å². The van der Waals surface area contributed by atoms with Gasteiger partial charge in [0.2, 0.25) is 0 Å². The molecule has 0 spiro atoms. The van der Waals surface area contributed by atoms with E-state index in [0.717, 1.165) is 11.5 Å². The molecule has 1 aromatic carbocycles. The third-order valence-electron chi connectivity index (χ3n) is 2.20. The minimum absolute atomic E-state index is 0.450. The summed E-state index contributed by atoms with van der Waals surface area (Å²) in [6.45, 7) is 0.450. The van der Waals surface area contributed by atoms with Crippen molar-refractivity contribution in [2.24, 2.45) is 0 Å². The number of aromatic nitrogens is 2. The van der Waals surface area contributed by atoms with Crippen molar-refractivity contribution < 1.29 is 4.74 Å². The molecular formula is C13H13ClN2OS. The van der Waals surface area contributed by atoms with Crippen LogP contribution in [0.5, 0.6) is 0 Å². The number of rotatable bonds is 5. The van der Waals surface area contributed by atoms with Gasteiger partial charge in [-0.05, 0) is 18.2 Å². The van der Waals surface area contributed by atoms with Crippen LogP contribution >= 0.6 is 23.4 Å². The smallest absolute Gasteiger partial charge is 0.140 e. The molecule has 0 atom stereocenters. The second-order valence-electron chi connectivity index (χ2n) is 3.63. The molecule has 0 amide bonds. The molecule has 0 unspecified atom stereocenters. The van der Waals surface area contributed by atoms with Gasteiger partial charge in [-0.3, -0.25) is 0 Å². The summed E-state index contributed by atoms with van der Waals surface area (Å²) in [5.74, 6) is 1.42. The van der Waals surface area contributed by atoms with E-state index in [2.05, 4.69) is 22.1 Å². The first-order valence-electron chi connectivity index (χ1n) is 5.47. The molecule has 94 valence electrons. The average Bonchev–Trinajstić information content (AvgIpc) is 2.37. The largest absolute Gasteiger partial charge is 0.378 e. The standard InChI is InChI=1S/C13H13ClN2OS/c1-17-8-10-7-12(14)16-13(15-10)9-18-11-5-3-2-4-6-11/h2-7H,8-9H2,1H3. The topological polar surface area (TPSA) is 35.0 Å². The van der Waals surface area contributed by atoms with Crippen LogP contribution in [-0.2, 0) is 17.1 Å². The van der Waals surface area contributed by atoms with Gasteiger partial charge in [0.25, 0.3) is 0 Å². The highest BCUT2D eigenvalue weighted by molar-refractivity contribution is 7.98. The van der Waals surface area contributed by atoms with Crippen LogP contribution in [0, 0.1) is 0 Å². The predicted molar refractivity (Wildman–Crippen MR) is 73.8 cm³/mol. The average molecular weight is 281 g/mol. The fourth-order valence-corrected chi connectivity index (χ4v) is 2.47. The third kappa shape index (κ3) is 3.98. The minimum Gasteiger partial charge on any atom is -0.378 e. The lowest BCUT2D eigenvalue weighted by Crippen LogP contribution is -1.99. The Hall–Kier alpha value is -1.10. The van der Waals surface area contributed by atoms with E-state index < -0.39 is 0 Å². The Morgan fingerprint density at radius 3 is 2.72 bits per heavy atom. The third-order valence-corrected chi connectivity index (χ3v) is 3.40. The molecule has 0 saturated carbocycles. The van der Waals surface area contributed by atoms with E-state index in [1.807, 2.05) is 18.2 Å². The molecule has 5 heteroatoms. The van der Waals surface area contributed by atoms with Crippen LogP contribution in [0.1, 0.15) is 11.5 Å². The zero-order valence-electron chi connectivity index (χ0n) is 9.97. The number of thioether (sulfide) groups is 1. The van der Waals surface area contributed by atoms with Gasteiger partial charge in [0.05, 0.1) is 18.1 Å². The molecule has 18 heavy (non-hydrogen) atoms. The number of methoxy groups -OCH3 is 1. The Labute approximate surface area is 116 Å². The van der Waals surface area contributed by atoms with E-state index in [4.69, 9.17) is 16.3 Å². The van der Waals surface area contributed by atoms with E-state index in [0.29, 0.717) is 17.5 Å². The molecule has 0 bridgehead atoms. The Morgan fingerprint density at radius 2 is 2.00 bits per heavy atom. The van der Waals surface area contributed by atoms with Crippen LogP contribution in [0.2, 0.25) is 5.15 Å². The second-order valence-corrected chi connectivity index (χ2v) is 5.07. The Bertz CT molecular complexity index is 508. The maximum Gasteiger partial charge on any atom is 0.140 e. The molecule has 3 nitrogen and oxygen atoms in total. The number of hydrogen-bond acceptors (Lipinski definition) is 4. The van der Waals surface area contributed by atoms with Crippen LogP contribution in [0.25, 0.3) is 0 Å². The summed E-state index contributed by atoms with van der Waals surface area (Å²) in [5, 5.41) is 0.459. The lowest BCUT2D eigenvalue weighted by atomic mass is 10.4. The van der Waals surface area contributed by atoms with Gasteiger partial charge in [-0.15, -0.1) is 11.8 Å². The van der Waals surface area contributed by atoms with Crippen LogP contribution in [0.15, 0.2) is 41.3 Å². The molecule has 0 fully saturated rings. The molecule has 0 radical (unpaired) electrons. The summed E-state index contributed by atoms with van der Waals surface area (Å²) < 4.78 is 5.04.